The Kier molecular flexibility index (Phi) is 5.66. The Morgan fingerprint density at radius 1 is 1.16 bits per heavy atom. The fraction of sp³-hybridized carbons (Fsp3) is 0.0588. The Labute approximate surface area is 161 Å². The molecule has 25 heavy (non-hydrogen) atoms. The Balaban J connectivity index is 0.00000113. The van der Waals surface area contributed by atoms with Gasteiger partial charge in [-0.15, -0.1) is 17.0 Å². The van der Waals surface area contributed by atoms with Crippen molar-refractivity contribution in [2.45, 2.75) is 0 Å². The third-order valence-electron chi connectivity index (χ3n) is 3.80. The number of hydrogen-bond acceptors (Lipinski definition) is 3. The van der Waals surface area contributed by atoms with Crippen molar-refractivity contribution in [3.05, 3.63) is 63.6 Å². The molecule has 1 aromatic carbocycles. The van der Waals surface area contributed by atoms with E-state index in [0.717, 1.165) is 26.9 Å². The fourth-order valence-electron chi connectivity index (χ4n) is 2.74. The predicted octanol–water partition coefficient (Wildman–Crippen LogP) is 3.37. The maximum Gasteiger partial charge on any atom is 0.248 e. The third-order valence-corrected chi connectivity index (χ3v) is 4.56. The van der Waals surface area contributed by atoms with Gasteiger partial charge in [0.2, 0.25) is 5.56 Å². The lowest BCUT2D eigenvalue weighted by Gasteiger charge is -2.09. The zero-order valence-electron chi connectivity index (χ0n) is 13.1. The van der Waals surface area contributed by atoms with Crippen LogP contribution in [0, 0.1) is 0 Å². The van der Waals surface area contributed by atoms with Crippen LogP contribution >= 0.6 is 32.9 Å². The maximum absolute atomic E-state index is 11.7. The second-order valence-electron chi connectivity index (χ2n) is 5.11. The molecule has 4 aromatic rings. The van der Waals surface area contributed by atoms with E-state index in [0.29, 0.717) is 11.3 Å². The molecule has 130 valence electrons. The van der Waals surface area contributed by atoms with Crippen molar-refractivity contribution in [1.82, 2.24) is 14.4 Å². The number of nitrogens with one attached hydrogen (secondary N) is 1. The number of aromatic nitrogens is 3. The molecule has 0 aliphatic rings. The number of H-pyrrole nitrogens is 1. The average molecular weight is 469 g/mol. The molecule has 0 aliphatic carbocycles. The second-order valence-corrected chi connectivity index (χ2v) is 5.86. The molecule has 0 saturated carbocycles. The minimum atomic E-state index is -0.165. The van der Waals surface area contributed by atoms with Crippen LogP contribution in [0.5, 0.6) is 5.75 Å². The van der Waals surface area contributed by atoms with Crippen LogP contribution < -0.4 is 10.3 Å². The largest absolute Gasteiger partial charge is 0.495 e. The summed E-state index contributed by atoms with van der Waals surface area (Å²) in [5, 5.41) is 0.882. The third kappa shape index (κ3) is 3.08. The molecule has 0 saturated heterocycles. The first-order valence-electron chi connectivity index (χ1n) is 7.02. The molecule has 6 nitrogen and oxygen atoms in total. The van der Waals surface area contributed by atoms with Gasteiger partial charge in [-0.3, -0.25) is 9.20 Å². The molecule has 3 N–H and O–H groups in total. The number of halogens is 2. The zero-order chi connectivity index (χ0) is 16.0. The molecule has 0 radical (unpaired) electrons. The van der Waals surface area contributed by atoms with Crippen LogP contribution in [0.4, 0.5) is 0 Å². The number of methoxy groups -OCH3 is 1. The van der Waals surface area contributed by atoms with Crippen LogP contribution in [0.3, 0.4) is 0 Å². The lowest BCUT2D eigenvalue weighted by atomic mass is 10.1. The van der Waals surface area contributed by atoms with Crippen molar-refractivity contribution in [2.75, 3.05) is 7.11 Å². The van der Waals surface area contributed by atoms with Gasteiger partial charge in [0.05, 0.1) is 12.6 Å². The SMILES string of the molecule is Br.COc1ccc(-c2nc3ccccn3c2Br)c2ccc(=O)[nH]c12.O. The van der Waals surface area contributed by atoms with Gasteiger partial charge in [0.15, 0.2) is 0 Å². The highest BCUT2D eigenvalue weighted by Gasteiger charge is 2.16. The molecule has 3 heterocycles. The Bertz CT molecular complexity index is 1110. The van der Waals surface area contributed by atoms with E-state index in [1.54, 1.807) is 13.2 Å². The number of pyridine rings is 2. The van der Waals surface area contributed by atoms with Crippen molar-refractivity contribution < 1.29 is 10.2 Å². The van der Waals surface area contributed by atoms with Crippen LogP contribution in [0.2, 0.25) is 0 Å². The maximum atomic E-state index is 11.7. The monoisotopic (exact) mass is 467 g/mol. The summed E-state index contributed by atoms with van der Waals surface area (Å²) in [7, 11) is 1.58. The van der Waals surface area contributed by atoms with Gasteiger partial charge >= 0.3 is 0 Å². The Morgan fingerprint density at radius 2 is 1.96 bits per heavy atom. The smallest absolute Gasteiger partial charge is 0.248 e. The van der Waals surface area contributed by atoms with Gasteiger partial charge in [-0.1, -0.05) is 6.07 Å². The van der Waals surface area contributed by atoms with Gasteiger partial charge in [-0.25, -0.2) is 4.98 Å². The highest BCUT2D eigenvalue weighted by Crippen LogP contribution is 2.36. The number of fused-ring (bicyclic) bond motifs is 2. The summed E-state index contributed by atoms with van der Waals surface area (Å²) in [6.45, 7) is 0. The number of rotatable bonds is 2. The van der Waals surface area contributed by atoms with Crippen molar-refractivity contribution in [3.63, 3.8) is 0 Å². The van der Waals surface area contributed by atoms with Crippen molar-refractivity contribution in [1.29, 1.82) is 0 Å². The lowest BCUT2D eigenvalue weighted by Crippen LogP contribution is -2.04. The minimum Gasteiger partial charge on any atom is -0.495 e. The highest BCUT2D eigenvalue weighted by molar-refractivity contribution is 9.10. The van der Waals surface area contributed by atoms with Crippen molar-refractivity contribution in [3.8, 4) is 17.0 Å². The summed E-state index contributed by atoms with van der Waals surface area (Å²) in [5.74, 6) is 0.626. The van der Waals surface area contributed by atoms with Gasteiger partial charge in [0.25, 0.3) is 0 Å². The van der Waals surface area contributed by atoms with E-state index in [1.165, 1.54) is 6.07 Å². The van der Waals surface area contributed by atoms with Gasteiger partial charge < -0.3 is 15.2 Å². The zero-order valence-corrected chi connectivity index (χ0v) is 16.4. The van der Waals surface area contributed by atoms with E-state index < -0.39 is 0 Å². The number of nitrogens with zero attached hydrogens (tertiary/aromatic N) is 2. The number of imidazole rings is 1. The molecule has 0 fully saturated rings. The first-order chi connectivity index (χ1) is 11.2. The first-order valence-corrected chi connectivity index (χ1v) is 7.81. The molecule has 0 spiro atoms. The molecular formula is C17H15Br2N3O3. The van der Waals surface area contributed by atoms with Crippen molar-refractivity contribution in [2.24, 2.45) is 0 Å². The average Bonchev–Trinajstić information content (AvgIpc) is 2.91. The number of hydrogen-bond donors (Lipinski definition) is 1. The standard InChI is InChI=1S/C17H12BrN3O2.BrH.H2O/c1-23-12-7-5-11(10-6-8-14(22)20-15(10)12)16-17(18)21-9-3-2-4-13(21)19-16;;/h2-9H,1H3,(H,20,22);1H;1H2. The molecule has 0 atom stereocenters. The quantitative estimate of drug-likeness (QED) is 0.488. The summed E-state index contributed by atoms with van der Waals surface area (Å²) in [6.07, 6.45) is 1.95. The van der Waals surface area contributed by atoms with Gasteiger partial charge in [-0.05, 0) is 46.3 Å². The summed E-state index contributed by atoms with van der Waals surface area (Å²) < 4.78 is 8.19. The van der Waals surface area contributed by atoms with Crippen LogP contribution in [0.1, 0.15) is 0 Å². The van der Waals surface area contributed by atoms with E-state index in [4.69, 9.17) is 9.72 Å². The van der Waals surface area contributed by atoms with Crippen LogP contribution in [0.15, 0.2) is 58.1 Å². The van der Waals surface area contributed by atoms with Crippen molar-refractivity contribution >= 4 is 49.5 Å². The first kappa shape index (κ1) is 19.2. The number of aromatic amines is 1. The van der Waals surface area contributed by atoms with Crippen LogP contribution in [-0.4, -0.2) is 27.0 Å². The summed E-state index contributed by atoms with van der Waals surface area (Å²) in [6, 6.07) is 12.9. The molecule has 4 rings (SSSR count). The number of ether oxygens (including phenoxy) is 1. The summed E-state index contributed by atoms with van der Waals surface area (Å²) >= 11 is 3.62. The highest BCUT2D eigenvalue weighted by atomic mass is 79.9. The predicted molar refractivity (Wildman–Crippen MR) is 107 cm³/mol. The summed E-state index contributed by atoms with van der Waals surface area (Å²) in [5.41, 5.74) is 3.09. The van der Waals surface area contributed by atoms with E-state index in [9.17, 15) is 4.79 Å². The van der Waals surface area contributed by atoms with E-state index >= 15 is 0 Å². The molecule has 0 unspecified atom stereocenters. The molecule has 0 bridgehead atoms. The Hall–Kier alpha value is -2.16. The Morgan fingerprint density at radius 3 is 2.68 bits per heavy atom. The molecule has 0 aliphatic heterocycles. The summed E-state index contributed by atoms with van der Waals surface area (Å²) in [4.78, 5) is 19.2. The molecule has 0 amide bonds. The number of benzene rings is 1. The van der Waals surface area contributed by atoms with Crippen LogP contribution in [-0.2, 0) is 0 Å². The minimum absolute atomic E-state index is 0. The normalized spacial score (nSPS) is 10.3. The topological polar surface area (TPSA) is 90.9 Å². The van der Waals surface area contributed by atoms with Gasteiger partial charge in [0.1, 0.15) is 21.7 Å². The molecule has 3 aromatic heterocycles. The fourth-order valence-corrected chi connectivity index (χ4v) is 3.34. The second kappa shape index (κ2) is 7.38. The van der Waals surface area contributed by atoms with E-state index in [-0.39, 0.29) is 28.0 Å². The molecular weight excluding hydrogens is 454 g/mol. The van der Waals surface area contributed by atoms with Crippen LogP contribution in [0.25, 0.3) is 27.8 Å². The molecule has 8 heteroatoms. The van der Waals surface area contributed by atoms with Gasteiger partial charge in [-0.2, -0.15) is 0 Å². The van der Waals surface area contributed by atoms with E-state index in [1.807, 2.05) is 40.9 Å². The van der Waals surface area contributed by atoms with E-state index in [2.05, 4.69) is 20.9 Å². The van der Waals surface area contributed by atoms with Gasteiger partial charge in [0, 0.05) is 23.2 Å². The lowest BCUT2D eigenvalue weighted by molar-refractivity contribution is 0.419.